The smallest absolute Gasteiger partial charge is 0.367 e. The summed E-state index contributed by atoms with van der Waals surface area (Å²) in [6.07, 6.45) is -2.85. The van der Waals surface area contributed by atoms with Crippen molar-refractivity contribution in [1.29, 1.82) is 0 Å². The Bertz CT molecular complexity index is 475. The number of aromatic nitrogens is 1. The molecule has 0 saturated carbocycles. The van der Waals surface area contributed by atoms with Crippen LogP contribution in [0.4, 0.5) is 18.9 Å². The fraction of sp³-hybridized carbons (Fsp3) is 0.500. The van der Waals surface area contributed by atoms with Crippen LogP contribution < -0.4 is 15.5 Å². The van der Waals surface area contributed by atoms with Gasteiger partial charge in [-0.2, -0.15) is 13.2 Å². The van der Waals surface area contributed by atoms with Crippen molar-refractivity contribution in [2.45, 2.75) is 12.2 Å². The summed E-state index contributed by atoms with van der Waals surface area (Å²) < 4.78 is 38.1. The molecule has 1 aliphatic rings. The molecule has 1 aliphatic heterocycles. The van der Waals surface area contributed by atoms with E-state index < -0.39 is 12.2 Å². The molecule has 5 nitrogen and oxygen atoms in total. The van der Waals surface area contributed by atoms with Crippen molar-refractivity contribution >= 4 is 11.6 Å². The number of amides is 1. The number of alkyl halides is 3. The first-order valence-corrected chi connectivity index (χ1v) is 6.15. The first kappa shape index (κ1) is 14.6. The summed E-state index contributed by atoms with van der Waals surface area (Å²) in [5, 5.41) is 4.88. The normalized spacial score (nSPS) is 19.8. The SMILES string of the molecule is CNC(=O)c1ccc(N2CCNC(C(F)(F)F)C2)cn1. The maximum Gasteiger partial charge on any atom is 0.405 e. The first-order chi connectivity index (χ1) is 9.41. The van der Waals surface area contributed by atoms with Crippen molar-refractivity contribution in [3.63, 3.8) is 0 Å². The number of nitrogens with one attached hydrogen (secondary N) is 2. The average molecular weight is 288 g/mol. The van der Waals surface area contributed by atoms with Crippen LogP contribution in [-0.4, -0.2) is 49.8 Å². The summed E-state index contributed by atoms with van der Waals surface area (Å²) in [5.74, 6) is -0.329. The second-order valence-corrected chi connectivity index (χ2v) is 4.48. The predicted molar refractivity (Wildman–Crippen MR) is 67.7 cm³/mol. The third kappa shape index (κ3) is 3.19. The van der Waals surface area contributed by atoms with Gasteiger partial charge in [0.05, 0.1) is 11.9 Å². The maximum atomic E-state index is 12.7. The zero-order chi connectivity index (χ0) is 14.8. The molecule has 0 spiro atoms. The van der Waals surface area contributed by atoms with Crippen LogP contribution in [0.1, 0.15) is 10.5 Å². The monoisotopic (exact) mass is 288 g/mol. The molecule has 8 heteroatoms. The third-order valence-corrected chi connectivity index (χ3v) is 3.14. The standard InChI is InChI=1S/C12H15F3N4O/c1-16-11(20)9-3-2-8(6-18-9)19-5-4-17-10(7-19)12(13,14)15/h2-3,6,10,17H,4-5,7H2,1H3,(H,16,20). The lowest BCUT2D eigenvalue weighted by Gasteiger charge is -2.35. The van der Waals surface area contributed by atoms with Gasteiger partial charge in [0, 0.05) is 26.7 Å². The minimum Gasteiger partial charge on any atom is -0.367 e. The fourth-order valence-electron chi connectivity index (χ4n) is 2.04. The molecule has 1 atom stereocenters. The van der Waals surface area contributed by atoms with E-state index in [2.05, 4.69) is 15.6 Å². The summed E-state index contributed by atoms with van der Waals surface area (Å²) >= 11 is 0. The Hall–Kier alpha value is -1.83. The molecule has 2 N–H and O–H groups in total. The Morgan fingerprint density at radius 2 is 2.25 bits per heavy atom. The number of carbonyl (C=O) groups is 1. The van der Waals surface area contributed by atoms with Gasteiger partial charge >= 0.3 is 6.18 Å². The number of halogens is 3. The average Bonchev–Trinajstić information content (AvgIpc) is 2.46. The van der Waals surface area contributed by atoms with Gasteiger partial charge in [-0.15, -0.1) is 0 Å². The Labute approximate surface area is 114 Å². The van der Waals surface area contributed by atoms with Gasteiger partial charge < -0.3 is 15.5 Å². The van der Waals surface area contributed by atoms with Gasteiger partial charge in [0.1, 0.15) is 11.7 Å². The summed E-state index contributed by atoms with van der Waals surface area (Å²) in [7, 11) is 1.49. The van der Waals surface area contributed by atoms with E-state index >= 15 is 0 Å². The minimum atomic E-state index is -4.27. The maximum absolute atomic E-state index is 12.7. The van der Waals surface area contributed by atoms with E-state index in [1.54, 1.807) is 11.0 Å². The number of hydrogen-bond acceptors (Lipinski definition) is 4. The van der Waals surface area contributed by atoms with Crippen LogP contribution in [0.25, 0.3) is 0 Å². The highest BCUT2D eigenvalue weighted by atomic mass is 19.4. The Morgan fingerprint density at radius 1 is 1.50 bits per heavy atom. The van der Waals surface area contributed by atoms with Crippen molar-refractivity contribution in [2.24, 2.45) is 0 Å². The van der Waals surface area contributed by atoms with Crippen LogP contribution in [-0.2, 0) is 0 Å². The summed E-state index contributed by atoms with van der Waals surface area (Å²) in [6.45, 7) is 0.555. The van der Waals surface area contributed by atoms with Crippen LogP contribution in [0.5, 0.6) is 0 Å². The lowest BCUT2D eigenvalue weighted by atomic mass is 10.2. The van der Waals surface area contributed by atoms with Gasteiger partial charge in [-0.25, -0.2) is 4.98 Å². The number of rotatable bonds is 2. The predicted octanol–water partition coefficient (Wildman–Crippen LogP) is 0.782. The highest BCUT2D eigenvalue weighted by Crippen LogP contribution is 2.24. The zero-order valence-corrected chi connectivity index (χ0v) is 10.9. The minimum absolute atomic E-state index is 0.162. The molecular weight excluding hydrogens is 273 g/mol. The molecule has 0 aliphatic carbocycles. The molecule has 0 aromatic carbocycles. The summed E-state index contributed by atoms with van der Waals surface area (Å²) in [6, 6.07) is 1.56. The van der Waals surface area contributed by atoms with E-state index in [0.29, 0.717) is 12.2 Å². The topological polar surface area (TPSA) is 57.3 Å². The second-order valence-electron chi connectivity index (χ2n) is 4.48. The van der Waals surface area contributed by atoms with Crippen molar-refractivity contribution in [3.8, 4) is 0 Å². The van der Waals surface area contributed by atoms with Gasteiger partial charge in [-0.3, -0.25) is 4.79 Å². The number of piperazine rings is 1. The lowest BCUT2D eigenvalue weighted by Crippen LogP contribution is -2.57. The quantitative estimate of drug-likeness (QED) is 0.844. The molecule has 1 aromatic heterocycles. The summed E-state index contributed by atoms with van der Waals surface area (Å²) in [4.78, 5) is 16.9. The number of hydrogen-bond donors (Lipinski definition) is 2. The molecule has 2 heterocycles. The molecule has 20 heavy (non-hydrogen) atoms. The van der Waals surface area contributed by atoms with E-state index in [0.717, 1.165) is 0 Å². The molecule has 2 rings (SSSR count). The van der Waals surface area contributed by atoms with E-state index in [9.17, 15) is 18.0 Å². The van der Waals surface area contributed by atoms with Gasteiger partial charge in [0.25, 0.3) is 5.91 Å². The van der Waals surface area contributed by atoms with Gasteiger partial charge in [0.15, 0.2) is 0 Å². The number of anilines is 1. The molecular formula is C12H15F3N4O. The highest BCUT2D eigenvalue weighted by Gasteiger charge is 2.42. The van der Waals surface area contributed by atoms with Gasteiger partial charge in [-0.05, 0) is 12.1 Å². The number of pyridine rings is 1. The Balaban J connectivity index is 2.09. The molecule has 1 fully saturated rings. The van der Waals surface area contributed by atoms with E-state index in [-0.39, 0.29) is 24.7 Å². The number of nitrogens with zero attached hydrogens (tertiary/aromatic N) is 2. The Morgan fingerprint density at radius 3 is 2.80 bits per heavy atom. The lowest BCUT2D eigenvalue weighted by molar-refractivity contribution is -0.155. The van der Waals surface area contributed by atoms with Crippen LogP contribution >= 0.6 is 0 Å². The highest BCUT2D eigenvalue weighted by molar-refractivity contribution is 5.92. The zero-order valence-electron chi connectivity index (χ0n) is 10.9. The summed E-state index contributed by atoms with van der Waals surface area (Å²) in [5.41, 5.74) is 0.812. The molecule has 110 valence electrons. The van der Waals surface area contributed by atoms with Crippen molar-refractivity contribution in [3.05, 3.63) is 24.0 Å². The van der Waals surface area contributed by atoms with Gasteiger partial charge in [-0.1, -0.05) is 0 Å². The third-order valence-electron chi connectivity index (χ3n) is 3.14. The van der Waals surface area contributed by atoms with E-state index in [1.807, 2.05) is 0 Å². The van der Waals surface area contributed by atoms with Gasteiger partial charge in [0.2, 0.25) is 0 Å². The van der Waals surface area contributed by atoms with Crippen molar-refractivity contribution in [1.82, 2.24) is 15.6 Å². The van der Waals surface area contributed by atoms with Crippen molar-refractivity contribution < 1.29 is 18.0 Å². The molecule has 0 radical (unpaired) electrons. The first-order valence-electron chi connectivity index (χ1n) is 6.15. The Kier molecular flexibility index (Phi) is 4.12. The number of carbonyl (C=O) groups excluding carboxylic acids is 1. The van der Waals surface area contributed by atoms with Crippen LogP contribution in [0, 0.1) is 0 Å². The molecule has 0 bridgehead atoms. The largest absolute Gasteiger partial charge is 0.405 e. The fourth-order valence-corrected chi connectivity index (χ4v) is 2.04. The van der Waals surface area contributed by atoms with Crippen LogP contribution in [0.15, 0.2) is 18.3 Å². The second kappa shape index (κ2) is 5.66. The van der Waals surface area contributed by atoms with E-state index in [4.69, 9.17) is 0 Å². The van der Waals surface area contributed by atoms with Crippen molar-refractivity contribution in [2.75, 3.05) is 31.6 Å². The molecule has 1 saturated heterocycles. The molecule has 1 unspecified atom stereocenters. The molecule has 1 aromatic rings. The van der Waals surface area contributed by atoms with Crippen LogP contribution in [0.3, 0.4) is 0 Å². The van der Waals surface area contributed by atoms with Crippen LogP contribution in [0.2, 0.25) is 0 Å². The molecule has 1 amide bonds. The van der Waals surface area contributed by atoms with E-state index in [1.165, 1.54) is 19.3 Å².